The fourth-order valence-electron chi connectivity index (χ4n) is 2.67. The third kappa shape index (κ3) is 3.03. The van der Waals surface area contributed by atoms with Gasteiger partial charge < -0.3 is 0 Å². The number of hydrogen-bond donors (Lipinski definition) is 0. The van der Waals surface area contributed by atoms with Crippen LogP contribution in [0.25, 0.3) is 17.1 Å². The average molecular weight is 335 g/mol. The maximum absolute atomic E-state index is 4.26. The molecule has 3 aromatic heterocycles. The standard InChI is InChI=1S/C16H17N9/c1-2-24-15(8-10-17-24)14-12-23(21-18-14)11-9-16-19-20-22-25(16)13-6-4-3-5-7-13/h3-8,10,12H,2,9,11H2,1H3. The van der Waals surface area contributed by atoms with Crippen molar-refractivity contribution in [1.29, 1.82) is 0 Å². The van der Waals surface area contributed by atoms with Crippen LogP contribution in [-0.2, 0) is 19.5 Å². The molecule has 0 saturated heterocycles. The van der Waals surface area contributed by atoms with Crippen molar-refractivity contribution in [2.75, 3.05) is 0 Å². The molecule has 25 heavy (non-hydrogen) atoms. The van der Waals surface area contributed by atoms with E-state index < -0.39 is 0 Å². The van der Waals surface area contributed by atoms with Crippen molar-refractivity contribution in [3.05, 3.63) is 54.6 Å². The summed E-state index contributed by atoms with van der Waals surface area (Å²) in [5, 5.41) is 24.7. The molecule has 126 valence electrons. The lowest BCUT2D eigenvalue weighted by molar-refractivity contribution is 0.570. The monoisotopic (exact) mass is 335 g/mol. The Labute approximate surface area is 143 Å². The third-order valence-corrected chi connectivity index (χ3v) is 3.92. The van der Waals surface area contributed by atoms with E-state index in [1.807, 2.05) is 54.2 Å². The van der Waals surface area contributed by atoms with Gasteiger partial charge in [0.1, 0.15) is 5.69 Å². The minimum Gasteiger partial charge on any atom is -0.263 e. The van der Waals surface area contributed by atoms with Gasteiger partial charge in [-0.25, -0.2) is 0 Å². The lowest BCUT2D eigenvalue weighted by Gasteiger charge is -2.04. The Morgan fingerprint density at radius 3 is 2.72 bits per heavy atom. The number of para-hydroxylation sites is 1. The van der Waals surface area contributed by atoms with Crippen molar-refractivity contribution in [2.45, 2.75) is 26.4 Å². The Bertz CT molecular complexity index is 951. The normalized spacial score (nSPS) is 11.1. The third-order valence-electron chi connectivity index (χ3n) is 3.92. The molecule has 3 heterocycles. The predicted molar refractivity (Wildman–Crippen MR) is 89.8 cm³/mol. The highest BCUT2D eigenvalue weighted by Gasteiger charge is 2.11. The molecule has 0 bridgehead atoms. The van der Waals surface area contributed by atoms with Crippen molar-refractivity contribution >= 4 is 0 Å². The molecule has 0 fully saturated rings. The molecule has 0 N–H and O–H groups in total. The van der Waals surface area contributed by atoms with Crippen LogP contribution in [0, 0.1) is 0 Å². The van der Waals surface area contributed by atoms with E-state index in [0.717, 1.165) is 29.4 Å². The highest BCUT2D eigenvalue weighted by atomic mass is 15.5. The summed E-state index contributed by atoms with van der Waals surface area (Å²) in [6, 6.07) is 11.8. The molecule has 4 rings (SSSR count). The van der Waals surface area contributed by atoms with E-state index in [4.69, 9.17) is 0 Å². The molecule has 0 atom stereocenters. The molecule has 0 aliphatic heterocycles. The van der Waals surface area contributed by atoms with Crippen LogP contribution in [0.1, 0.15) is 12.7 Å². The van der Waals surface area contributed by atoms with Crippen LogP contribution in [0.3, 0.4) is 0 Å². The lowest BCUT2D eigenvalue weighted by Crippen LogP contribution is -2.08. The maximum atomic E-state index is 4.26. The lowest BCUT2D eigenvalue weighted by atomic mass is 10.3. The van der Waals surface area contributed by atoms with Gasteiger partial charge >= 0.3 is 0 Å². The summed E-state index contributed by atoms with van der Waals surface area (Å²) in [6.45, 7) is 3.48. The number of benzene rings is 1. The van der Waals surface area contributed by atoms with Gasteiger partial charge in [0.2, 0.25) is 0 Å². The first-order valence-electron chi connectivity index (χ1n) is 8.10. The molecular formula is C16H17N9. The van der Waals surface area contributed by atoms with E-state index in [9.17, 15) is 0 Å². The molecule has 0 radical (unpaired) electrons. The van der Waals surface area contributed by atoms with E-state index in [2.05, 4.69) is 30.9 Å². The fraction of sp³-hybridized carbons (Fsp3) is 0.250. The molecule has 0 spiro atoms. The molecule has 9 heteroatoms. The van der Waals surface area contributed by atoms with Crippen molar-refractivity contribution in [3.63, 3.8) is 0 Å². The molecular weight excluding hydrogens is 318 g/mol. The molecule has 0 aliphatic rings. The van der Waals surface area contributed by atoms with E-state index in [1.54, 1.807) is 15.6 Å². The van der Waals surface area contributed by atoms with Gasteiger partial charge in [-0.05, 0) is 35.5 Å². The summed E-state index contributed by atoms with van der Waals surface area (Å²) in [4.78, 5) is 0. The number of rotatable bonds is 6. The SMILES string of the molecule is CCn1nccc1-c1cn(CCc2nnnn2-c2ccccc2)nn1. The average Bonchev–Trinajstić information content (AvgIpc) is 3.39. The minimum atomic E-state index is 0.639. The first kappa shape index (κ1) is 15.2. The first-order valence-corrected chi connectivity index (χ1v) is 8.10. The second-order valence-corrected chi connectivity index (χ2v) is 5.49. The van der Waals surface area contributed by atoms with Gasteiger partial charge in [-0.1, -0.05) is 23.4 Å². The smallest absolute Gasteiger partial charge is 0.158 e. The Morgan fingerprint density at radius 2 is 1.88 bits per heavy atom. The number of tetrazole rings is 1. The largest absolute Gasteiger partial charge is 0.263 e. The van der Waals surface area contributed by atoms with Gasteiger partial charge in [0.25, 0.3) is 0 Å². The van der Waals surface area contributed by atoms with Crippen LogP contribution in [-0.4, -0.2) is 45.0 Å². The van der Waals surface area contributed by atoms with E-state index in [-0.39, 0.29) is 0 Å². The maximum Gasteiger partial charge on any atom is 0.158 e. The quantitative estimate of drug-likeness (QED) is 0.528. The fourth-order valence-corrected chi connectivity index (χ4v) is 2.67. The Hall–Kier alpha value is -3.36. The van der Waals surface area contributed by atoms with Crippen molar-refractivity contribution in [2.24, 2.45) is 0 Å². The van der Waals surface area contributed by atoms with Gasteiger partial charge in [-0.15, -0.1) is 10.2 Å². The number of nitrogens with zero attached hydrogens (tertiary/aromatic N) is 9. The van der Waals surface area contributed by atoms with Gasteiger partial charge in [-0.3, -0.25) is 9.36 Å². The summed E-state index contributed by atoms with van der Waals surface area (Å²) < 4.78 is 5.43. The van der Waals surface area contributed by atoms with Crippen LogP contribution >= 0.6 is 0 Å². The highest BCUT2D eigenvalue weighted by Crippen LogP contribution is 2.15. The number of aromatic nitrogens is 9. The molecule has 0 amide bonds. The zero-order chi connectivity index (χ0) is 17.1. The van der Waals surface area contributed by atoms with Gasteiger partial charge in [0.05, 0.1) is 17.6 Å². The summed E-state index contributed by atoms with van der Waals surface area (Å²) in [5.41, 5.74) is 2.71. The second kappa shape index (κ2) is 6.63. The van der Waals surface area contributed by atoms with Gasteiger partial charge in [0.15, 0.2) is 5.82 Å². The van der Waals surface area contributed by atoms with E-state index in [0.29, 0.717) is 13.0 Å². The molecule has 0 aliphatic carbocycles. The zero-order valence-corrected chi connectivity index (χ0v) is 13.8. The van der Waals surface area contributed by atoms with E-state index >= 15 is 0 Å². The summed E-state index contributed by atoms with van der Waals surface area (Å²) in [6.07, 6.45) is 4.34. The van der Waals surface area contributed by atoms with Crippen molar-refractivity contribution in [3.8, 4) is 17.1 Å². The molecule has 1 aromatic carbocycles. The van der Waals surface area contributed by atoms with Crippen LogP contribution in [0.4, 0.5) is 0 Å². The molecule has 9 nitrogen and oxygen atoms in total. The van der Waals surface area contributed by atoms with Crippen LogP contribution in [0.5, 0.6) is 0 Å². The summed E-state index contributed by atoms with van der Waals surface area (Å²) >= 11 is 0. The molecule has 0 saturated carbocycles. The highest BCUT2D eigenvalue weighted by molar-refractivity contribution is 5.52. The summed E-state index contributed by atoms with van der Waals surface area (Å²) in [7, 11) is 0. The Morgan fingerprint density at radius 1 is 1.00 bits per heavy atom. The van der Waals surface area contributed by atoms with Gasteiger partial charge in [0, 0.05) is 25.7 Å². The Kier molecular flexibility index (Phi) is 4.03. The molecule has 4 aromatic rings. The molecule has 0 unspecified atom stereocenters. The van der Waals surface area contributed by atoms with Crippen molar-refractivity contribution in [1.82, 2.24) is 45.0 Å². The first-order chi connectivity index (χ1) is 12.3. The second-order valence-electron chi connectivity index (χ2n) is 5.49. The summed E-state index contributed by atoms with van der Waals surface area (Å²) in [5.74, 6) is 0.779. The predicted octanol–water partition coefficient (Wildman–Crippen LogP) is 1.38. The Balaban J connectivity index is 1.49. The number of hydrogen-bond acceptors (Lipinski definition) is 6. The van der Waals surface area contributed by atoms with E-state index in [1.165, 1.54) is 0 Å². The number of aryl methyl sites for hydroxylation is 3. The van der Waals surface area contributed by atoms with Crippen LogP contribution in [0.2, 0.25) is 0 Å². The zero-order valence-electron chi connectivity index (χ0n) is 13.8. The van der Waals surface area contributed by atoms with Crippen LogP contribution in [0.15, 0.2) is 48.8 Å². The topological polar surface area (TPSA) is 92.1 Å². The minimum absolute atomic E-state index is 0.639. The van der Waals surface area contributed by atoms with Gasteiger partial charge in [-0.2, -0.15) is 9.78 Å². The van der Waals surface area contributed by atoms with Crippen molar-refractivity contribution < 1.29 is 0 Å². The van der Waals surface area contributed by atoms with Crippen LogP contribution < -0.4 is 0 Å².